The average Bonchev–Trinajstić information content (AvgIpc) is 2.13. The molecule has 0 fully saturated rings. The number of alkyl halides is 2. The number of sulfonamides is 1. The van der Waals surface area contributed by atoms with Crippen LogP contribution < -0.4 is 0 Å². The summed E-state index contributed by atoms with van der Waals surface area (Å²) < 4.78 is 51.8. The zero-order chi connectivity index (χ0) is 12.9. The monoisotopic (exact) mass is 259 g/mol. The standard InChI is InChI=1S/C8H15F2NO4S/c1-4-15-7(12)5-11(6(2)3)16(13,14)8(9)10/h6,8H,4-5H2,1-3H3. The van der Waals surface area contributed by atoms with Crippen LogP contribution in [0.5, 0.6) is 0 Å². The Kier molecular flexibility index (Phi) is 5.80. The van der Waals surface area contributed by atoms with Crippen molar-refractivity contribution in [1.29, 1.82) is 0 Å². The highest BCUT2D eigenvalue weighted by atomic mass is 32.2. The van der Waals surface area contributed by atoms with Gasteiger partial charge in [0.05, 0.1) is 6.61 Å². The Morgan fingerprint density at radius 1 is 1.38 bits per heavy atom. The smallest absolute Gasteiger partial charge is 0.350 e. The summed E-state index contributed by atoms with van der Waals surface area (Å²) in [7, 11) is -4.75. The summed E-state index contributed by atoms with van der Waals surface area (Å²) in [6.45, 7) is 3.72. The zero-order valence-corrected chi connectivity index (χ0v) is 10.1. The summed E-state index contributed by atoms with van der Waals surface area (Å²) >= 11 is 0. The van der Waals surface area contributed by atoms with E-state index in [1.807, 2.05) is 0 Å². The maximum absolute atomic E-state index is 12.3. The lowest BCUT2D eigenvalue weighted by atomic mass is 10.4. The molecule has 16 heavy (non-hydrogen) atoms. The first-order valence-corrected chi connectivity index (χ1v) is 6.18. The van der Waals surface area contributed by atoms with Gasteiger partial charge in [-0.1, -0.05) is 0 Å². The van der Waals surface area contributed by atoms with E-state index in [9.17, 15) is 22.0 Å². The SMILES string of the molecule is CCOC(=O)CN(C(C)C)S(=O)(=O)C(F)F. The molecular weight excluding hydrogens is 244 g/mol. The molecule has 0 saturated carbocycles. The van der Waals surface area contributed by atoms with Gasteiger partial charge in [-0.2, -0.15) is 13.1 Å². The van der Waals surface area contributed by atoms with Crippen LogP contribution in [0.1, 0.15) is 20.8 Å². The third kappa shape index (κ3) is 4.01. The van der Waals surface area contributed by atoms with E-state index in [4.69, 9.17) is 0 Å². The van der Waals surface area contributed by atoms with Crippen molar-refractivity contribution >= 4 is 16.0 Å². The lowest BCUT2D eigenvalue weighted by molar-refractivity contribution is -0.143. The second-order valence-electron chi connectivity index (χ2n) is 3.25. The van der Waals surface area contributed by atoms with E-state index >= 15 is 0 Å². The molecule has 0 saturated heterocycles. The number of rotatable bonds is 6. The highest BCUT2D eigenvalue weighted by Gasteiger charge is 2.35. The van der Waals surface area contributed by atoms with Crippen molar-refractivity contribution < 1.29 is 26.7 Å². The van der Waals surface area contributed by atoms with Gasteiger partial charge >= 0.3 is 11.7 Å². The van der Waals surface area contributed by atoms with Crippen molar-refractivity contribution in [2.24, 2.45) is 0 Å². The maximum atomic E-state index is 12.3. The number of carbonyl (C=O) groups is 1. The lowest BCUT2D eigenvalue weighted by Crippen LogP contribution is -2.43. The van der Waals surface area contributed by atoms with E-state index in [1.165, 1.54) is 13.8 Å². The second kappa shape index (κ2) is 6.09. The summed E-state index contributed by atoms with van der Waals surface area (Å²) in [6, 6.07) is -0.733. The first kappa shape index (κ1) is 15.2. The third-order valence-electron chi connectivity index (χ3n) is 1.72. The van der Waals surface area contributed by atoms with E-state index in [2.05, 4.69) is 4.74 Å². The molecule has 8 heteroatoms. The van der Waals surface area contributed by atoms with Crippen LogP contribution in [-0.4, -0.2) is 43.6 Å². The molecule has 0 radical (unpaired) electrons. The number of carbonyl (C=O) groups excluding carboxylic acids is 1. The van der Waals surface area contributed by atoms with Crippen LogP contribution >= 0.6 is 0 Å². The number of halogens is 2. The molecule has 0 unspecified atom stereocenters. The summed E-state index contributed by atoms with van der Waals surface area (Å²) in [5.74, 6) is -4.38. The van der Waals surface area contributed by atoms with Gasteiger partial charge in [0, 0.05) is 6.04 Å². The van der Waals surface area contributed by atoms with Crippen LogP contribution in [0.4, 0.5) is 8.78 Å². The Morgan fingerprint density at radius 3 is 2.19 bits per heavy atom. The van der Waals surface area contributed by atoms with E-state index in [0.717, 1.165) is 0 Å². The normalized spacial score (nSPS) is 12.5. The molecule has 0 heterocycles. The van der Waals surface area contributed by atoms with Gasteiger partial charge in [-0.05, 0) is 20.8 Å². The molecule has 0 rings (SSSR count). The van der Waals surface area contributed by atoms with Crippen LogP contribution in [0.15, 0.2) is 0 Å². The number of nitrogens with zero attached hydrogens (tertiary/aromatic N) is 1. The molecule has 0 aliphatic carbocycles. The minimum absolute atomic E-state index is 0.0689. The summed E-state index contributed by atoms with van der Waals surface area (Å²) in [4.78, 5) is 11.1. The molecule has 0 aromatic heterocycles. The van der Waals surface area contributed by atoms with Crippen LogP contribution in [0.2, 0.25) is 0 Å². The Bertz CT molecular complexity index is 329. The molecule has 0 atom stereocenters. The number of hydrogen-bond acceptors (Lipinski definition) is 4. The van der Waals surface area contributed by atoms with Gasteiger partial charge in [-0.25, -0.2) is 8.42 Å². The molecular formula is C8H15F2NO4S. The molecule has 0 bridgehead atoms. The van der Waals surface area contributed by atoms with Crippen LogP contribution in [0.3, 0.4) is 0 Å². The molecule has 0 spiro atoms. The summed E-state index contributed by atoms with van der Waals surface area (Å²) in [5, 5.41) is 0. The minimum Gasteiger partial charge on any atom is -0.465 e. The fourth-order valence-corrected chi connectivity index (χ4v) is 2.08. The van der Waals surface area contributed by atoms with Gasteiger partial charge in [0.2, 0.25) is 0 Å². The Morgan fingerprint density at radius 2 is 1.88 bits per heavy atom. The van der Waals surface area contributed by atoms with Crippen molar-refractivity contribution in [3.63, 3.8) is 0 Å². The molecule has 0 aromatic rings. The molecule has 5 nitrogen and oxygen atoms in total. The van der Waals surface area contributed by atoms with Crippen molar-refractivity contribution in [3.05, 3.63) is 0 Å². The van der Waals surface area contributed by atoms with Crippen molar-refractivity contribution in [1.82, 2.24) is 4.31 Å². The van der Waals surface area contributed by atoms with Crippen molar-refractivity contribution in [2.75, 3.05) is 13.2 Å². The largest absolute Gasteiger partial charge is 0.465 e. The van der Waals surface area contributed by atoms with Crippen molar-refractivity contribution in [3.8, 4) is 0 Å². The predicted octanol–water partition coefficient (Wildman–Crippen LogP) is 0.812. The van der Waals surface area contributed by atoms with E-state index in [-0.39, 0.29) is 6.61 Å². The van der Waals surface area contributed by atoms with Crippen LogP contribution in [-0.2, 0) is 19.6 Å². The zero-order valence-electron chi connectivity index (χ0n) is 9.31. The van der Waals surface area contributed by atoms with Crippen LogP contribution in [0.25, 0.3) is 0 Å². The van der Waals surface area contributed by atoms with Gasteiger partial charge < -0.3 is 4.74 Å². The maximum Gasteiger partial charge on any atom is 0.350 e. The van der Waals surface area contributed by atoms with E-state index in [1.54, 1.807) is 6.92 Å². The molecule has 0 aliphatic rings. The quantitative estimate of drug-likeness (QED) is 0.662. The van der Waals surface area contributed by atoms with Gasteiger partial charge in [0.25, 0.3) is 10.0 Å². The second-order valence-corrected chi connectivity index (χ2v) is 5.10. The highest BCUT2D eigenvalue weighted by molar-refractivity contribution is 7.89. The van der Waals surface area contributed by atoms with Gasteiger partial charge in [0.15, 0.2) is 0 Å². The lowest BCUT2D eigenvalue weighted by Gasteiger charge is -2.24. The topological polar surface area (TPSA) is 63.7 Å². The summed E-state index contributed by atoms with van der Waals surface area (Å²) in [5.41, 5.74) is 0. The Labute approximate surface area is 93.4 Å². The number of hydrogen-bond donors (Lipinski definition) is 0. The van der Waals surface area contributed by atoms with Gasteiger partial charge in [-0.15, -0.1) is 0 Å². The number of esters is 1. The Hall–Kier alpha value is -0.760. The fourth-order valence-electron chi connectivity index (χ4n) is 1.00. The first-order chi connectivity index (χ1) is 7.23. The van der Waals surface area contributed by atoms with Crippen molar-refractivity contribution in [2.45, 2.75) is 32.6 Å². The molecule has 96 valence electrons. The predicted molar refractivity (Wildman–Crippen MR) is 53.4 cm³/mol. The van der Waals surface area contributed by atoms with Gasteiger partial charge in [0.1, 0.15) is 6.54 Å². The van der Waals surface area contributed by atoms with Gasteiger partial charge in [-0.3, -0.25) is 4.79 Å². The van der Waals surface area contributed by atoms with E-state index < -0.39 is 34.3 Å². The fraction of sp³-hybridized carbons (Fsp3) is 0.875. The molecule has 0 amide bonds. The molecule has 0 N–H and O–H groups in total. The average molecular weight is 259 g/mol. The van der Waals surface area contributed by atoms with Crippen LogP contribution in [0, 0.1) is 0 Å². The summed E-state index contributed by atoms with van der Waals surface area (Å²) in [6.07, 6.45) is 0. The molecule has 0 aromatic carbocycles. The number of ether oxygens (including phenoxy) is 1. The Balaban J connectivity index is 4.84. The highest BCUT2D eigenvalue weighted by Crippen LogP contribution is 2.15. The first-order valence-electron chi connectivity index (χ1n) is 4.67. The van der Waals surface area contributed by atoms with E-state index in [0.29, 0.717) is 4.31 Å². The molecule has 0 aliphatic heterocycles. The minimum atomic E-state index is -4.75. The third-order valence-corrected chi connectivity index (χ3v) is 3.37.